The first-order chi connectivity index (χ1) is 14.8. The Hall–Kier alpha value is -2.95. The van der Waals surface area contributed by atoms with Gasteiger partial charge in [-0.15, -0.1) is 0 Å². The number of nitrogens with zero attached hydrogens (tertiary/aromatic N) is 2. The van der Waals surface area contributed by atoms with E-state index in [0.29, 0.717) is 30.6 Å². The third-order valence-electron chi connectivity index (χ3n) is 5.75. The summed E-state index contributed by atoms with van der Waals surface area (Å²) in [4.78, 5) is 16.8. The van der Waals surface area contributed by atoms with E-state index in [1.807, 2.05) is 30.3 Å². The standard InChI is InChI=1S/C25H29N3O2/c29-23(26-22-11-7-2-1-3-8-12-22)17-18-24-27-25(28-30-24)21-15-13-20(14-16-21)19-9-5-4-6-10-19/h4-6,9-10,13-16,22H,1-3,7-8,11-12,17-18H2,(H,26,29). The van der Waals surface area contributed by atoms with E-state index < -0.39 is 0 Å². The number of carbonyl (C=O) groups excluding carboxylic acids is 1. The average Bonchev–Trinajstić information content (AvgIpc) is 3.24. The van der Waals surface area contributed by atoms with Crippen molar-refractivity contribution in [2.75, 3.05) is 0 Å². The summed E-state index contributed by atoms with van der Waals surface area (Å²) in [6.45, 7) is 0. The van der Waals surface area contributed by atoms with Crippen molar-refractivity contribution in [2.24, 2.45) is 0 Å². The summed E-state index contributed by atoms with van der Waals surface area (Å²) >= 11 is 0. The van der Waals surface area contributed by atoms with Crippen LogP contribution in [0.3, 0.4) is 0 Å². The lowest BCUT2D eigenvalue weighted by Gasteiger charge is -2.20. The normalized spacial score (nSPS) is 15.3. The first-order valence-corrected chi connectivity index (χ1v) is 11.1. The Labute approximate surface area is 177 Å². The zero-order valence-corrected chi connectivity index (χ0v) is 17.3. The van der Waals surface area contributed by atoms with Crippen molar-refractivity contribution in [1.82, 2.24) is 15.5 Å². The van der Waals surface area contributed by atoms with Gasteiger partial charge in [0.15, 0.2) is 0 Å². The average molecular weight is 404 g/mol. The van der Waals surface area contributed by atoms with Gasteiger partial charge in [0.05, 0.1) is 0 Å². The third-order valence-corrected chi connectivity index (χ3v) is 5.75. The molecule has 0 bridgehead atoms. The highest BCUT2D eigenvalue weighted by Crippen LogP contribution is 2.23. The second-order valence-electron chi connectivity index (χ2n) is 8.06. The summed E-state index contributed by atoms with van der Waals surface area (Å²) in [5.41, 5.74) is 3.23. The fourth-order valence-corrected chi connectivity index (χ4v) is 4.04. The number of hydrogen-bond acceptors (Lipinski definition) is 4. The number of nitrogens with one attached hydrogen (secondary N) is 1. The van der Waals surface area contributed by atoms with E-state index in [0.717, 1.165) is 24.0 Å². The molecule has 4 rings (SSSR count). The highest BCUT2D eigenvalue weighted by atomic mass is 16.5. The largest absolute Gasteiger partial charge is 0.353 e. The molecule has 1 saturated carbocycles. The Kier molecular flexibility index (Phi) is 6.91. The third kappa shape index (κ3) is 5.56. The molecule has 5 heteroatoms. The second-order valence-corrected chi connectivity index (χ2v) is 8.06. The van der Waals surface area contributed by atoms with Gasteiger partial charge in [-0.25, -0.2) is 0 Å². The fourth-order valence-electron chi connectivity index (χ4n) is 4.04. The maximum atomic E-state index is 12.3. The van der Waals surface area contributed by atoms with Gasteiger partial charge < -0.3 is 9.84 Å². The Bertz CT molecular complexity index is 927. The molecule has 30 heavy (non-hydrogen) atoms. The predicted molar refractivity (Wildman–Crippen MR) is 118 cm³/mol. The molecule has 5 nitrogen and oxygen atoms in total. The van der Waals surface area contributed by atoms with Crippen LogP contribution in [0.1, 0.15) is 57.3 Å². The smallest absolute Gasteiger partial charge is 0.227 e. The molecule has 3 aromatic rings. The van der Waals surface area contributed by atoms with Crippen molar-refractivity contribution in [2.45, 2.75) is 63.8 Å². The molecular weight excluding hydrogens is 374 g/mol. The molecule has 1 fully saturated rings. The number of aryl methyl sites for hydroxylation is 1. The minimum Gasteiger partial charge on any atom is -0.353 e. The number of amides is 1. The van der Waals surface area contributed by atoms with Gasteiger partial charge in [0.2, 0.25) is 17.6 Å². The lowest BCUT2D eigenvalue weighted by atomic mass is 9.96. The molecule has 2 aromatic carbocycles. The van der Waals surface area contributed by atoms with Gasteiger partial charge in [-0.3, -0.25) is 4.79 Å². The van der Waals surface area contributed by atoms with Crippen molar-refractivity contribution >= 4 is 5.91 Å². The van der Waals surface area contributed by atoms with E-state index in [9.17, 15) is 4.79 Å². The molecule has 0 radical (unpaired) electrons. The van der Waals surface area contributed by atoms with Crippen LogP contribution < -0.4 is 5.32 Å². The van der Waals surface area contributed by atoms with E-state index in [1.54, 1.807) is 0 Å². The number of rotatable bonds is 6. The molecule has 0 spiro atoms. The maximum Gasteiger partial charge on any atom is 0.227 e. The molecular formula is C25H29N3O2. The van der Waals surface area contributed by atoms with Crippen molar-refractivity contribution in [3.8, 4) is 22.5 Å². The Morgan fingerprint density at radius 1 is 0.867 bits per heavy atom. The molecule has 0 unspecified atom stereocenters. The van der Waals surface area contributed by atoms with E-state index >= 15 is 0 Å². The maximum absolute atomic E-state index is 12.3. The summed E-state index contributed by atoms with van der Waals surface area (Å²) in [5, 5.41) is 7.28. The number of carbonyl (C=O) groups is 1. The van der Waals surface area contributed by atoms with Crippen LogP contribution in [0.5, 0.6) is 0 Å². The van der Waals surface area contributed by atoms with Crippen LogP contribution in [0.25, 0.3) is 22.5 Å². The molecule has 0 saturated heterocycles. The summed E-state index contributed by atoms with van der Waals surface area (Å²) in [5.74, 6) is 1.14. The monoisotopic (exact) mass is 403 g/mol. The van der Waals surface area contributed by atoms with Crippen LogP contribution in [-0.2, 0) is 11.2 Å². The van der Waals surface area contributed by atoms with Crippen molar-refractivity contribution in [3.63, 3.8) is 0 Å². The zero-order chi connectivity index (χ0) is 20.6. The minimum absolute atomic E-state index is 0.0764. The second kappa shape index (κ2) is 10.2. The van der Waals surface area contributed by atoms with Crippen LogP contribution in [-0.4, -0.2) is 22.1 Å². The molecule has 1 N–H and O–H groups in total. The number of benzene rings is 2. The van der Waals surface area contributed by atoms with E-state index in [4.69, 9.17) is 4.52 Å². The first kappa shape index (κ1) is 20.3. The SMILES string of the molecule is O=C(CCc1nc(-c2ccc(-c3ccccc3)cc2)no1)NC1CCCCCCC1. The van der Waals surface area contributed by atoms with Gasteiger partial charge in [0.25, 0.3) is 0 Å². The Balaban J connectivity index is 1.30. The van der Waals surface area contributed by atoms with E-state index in [2.05, 4.69) is 39.7 Å². The topological polar surface area (TPSA) is 68.0 Å². The van der Waals surface area contributed by atoms with Crippen molar-refractivity contribution < 1.29 is 9.32 Å². The van der Waals surface area contributed by atoms with Gasteiger partial charge in [-0.05, 0) is 24.0 Å². The van der Waals surface area contributed by atoms with Gasteiger partial charge in [0, 0.05) is 24.4 Å². The summed E-state index contributed by atoms with van der Waals surface area (Å²) in [7, 11) is 0. The Morgan fingerprint density at radius 3 is 2.23 bits per heavy atom. The quantitative estimate of drug-likeness (QED) is 0.585. The number of aromatic nitrogens is 2. The molecule has 1 heterocycles. The number of hydrogen-bond donors (Lipinski definition) is 1. The van der Waals surface area contributed by atoms with Crippen LogP contribution in [0.4, 0.5) is 0 Å². The lowest BCUT2D eigenvalue weighted by Crippen LogP contribution is -2.35. The first-order valence-electron chi connectivity index (χ1n) is 11.1. The van der Waals surface area contributed by atoms with Crippen LogP contribution >= 0.6 is 0 Å². The van der Waals surface area contributed by atoms with Crippen LogP contribution in [0.2, 0.25) is 0 Å². The van der Waals surface area contributed by atoms with Gasteiger partial charge in [-0.1, -0.05) is 91.9 Å². The van der Waals surface area contributed by atoms with Gasteiger partial charge in [-0.2, -0.15) is 4.98 Å². The molecule has 0 atom stereocenters. The minimum atomic E-state index is 0.0764. The summed E-state index contributed by atoms with van der Waals surface area (Å²) in [6, 6.07) is 18.7. The highest BCUT2D eigenvalue weighted by molar-refractivity contribution is 5.76. The van der Waals surface area contributed by atoms with Crippen LogP contribution in [0, 0.1) is 0 Å². The molecule has 1 aliphatic carbocycles. The molecule has 156 valence electrons. The molecule has 1 aromatic heterocycles. The Morgan fingerprint density at radius 2 is 1.50 bits per heavy atom. The van der Waals surface area contributed by atoms with Gasteiger partial charge >= 0.3 is 0 Å². The van der Waals surface area contributed by atoms with Crippen LogP contribution in [0.15, 0.2) is 59.1 Å². The van der Waals surface area contributed by atoms with Crippen molar-refractivity contribution in [1.29, 1.82) is 0 Å². The van der Waals surface area contributed by atoms with E-state index in [-0.39, 0.29) is 5.91 Å². The molecule has 1 aliphatic rings. The van der Waals surface area contributed by atoms with Crippen molar-refractivity contribution in [3.05, 3.63) is 60.5 Å². The summed E-state index contributed by atoms with van der Waals surface area (Å²) < 4.78 is 5.37. The van der Waals surface area contributed by atoms with Gasteiger partial charge in [0.1, 0.15) is 0 Å². The molecule has 0 aliphatic heterocycles. The molecule has 1 amide bonds. The fraction of sp³-hybridized carbons (Fsp3) is 0.400. The summed E-state index contributed by atoms with van der Waals surface area (Å²) in [6.07, 6.45) is 9.34. The zero-order valence-electron chi connectivity index (χ0n) is 17.3. The predicted octanol–water partition coefficient (Wildman–Crippen LogP) is 5.57. The highest BCUT2D eigenvalue weighted by Gasteiger charge is 2.15. The van der Waals surface area contributed by atoms with E-state index in [1.165, 1.54) is 37.7 Å². The lowest BCUT2D eigenvalue weighted by molar-refractivity contribution is -0.122.